The molecular formula is C10H20FN. The number of alkyl halides is 1. The number of halogens is 1. The molecule has 0 N–H and O–H groups in total. The smallest absolute Gasteiger partial charge is 0.113 e. The lowest BCUT2D eigenvalue weighted by atomic mass is 9.91. The van der Waals surface area contributed by atoms with Gasteiger partial charge in [-0.25, -0.2) is 4.39 Å². The van der Waals surface area contributed by atoms with Crippen molar-refractivity contribution in [3.05, 3.63) is 0 Å². The first-order valence-corrected chi connectivity index (χ1v) is 5.11. The van der Waals surface area contributed by atoms with Crippen molar-refractivity contribution in [2.75, 3.05) is 19.6 Å². The Morgan fingerprint density at radius 3 is 2.25 bits per heavy atom. The Bertz CT molecular complexity index is 128. The van der Waals surface area contributed by atoms with Gasteiger partial charge in [-0.15, -0.1) is 0 Å². The van der Waals surface area contributed by atoms with Crippen molar-refractivity contribution >= 4 is 0 Å². The van der Waals surface area contributed by atoms with Crippen molar-refractivity contribution in [3.63, 3.8) is 0 Å². The fourth-order valence-electron chi connectivity index (χ4n) is 1.85. The second-order valence-corrected chi connectivity index (χ2v) is 3.85. The topological polar surface area (TPSA) is 3.24 Å². The third kappa shape index (κ3) is 2.44. The van der Waals surface area contributed by atoms with Crippen LogP contribution in [0.2, 0.25) is 0 Å². The van der Waals surface area contributed by atoms with E-state index in [-0.39, 0.29) is 0 Å². The maximum atomic E-state index is 13.7. The van der Waals surface area contributed by atoms with Gasteiger partial charge >= 0.3 is 0 Å². The minimum atomic E-state index is -0.843. The molecule has 0 bridgehead atoms. The average Bonchev–Trinajstić information content (AvgIpc) is 2.10. The summed E-state index contributed by atoms with van der Waals surface area (Å²) in [5.41, 5.74) is -0.843. The Balaban J connectivity index is 2.29. The molecular weight excluding hydrogens is 153 g/mol. The number of piperidine rings is 1. The van der Waals surface area contributed by atoms with Crippen molar-refractivity contribution in [2.24, 2.45) is 0 Å². The lowest BCUT2D eigenvalue weighted by Crippen LogP contribution is -2.41. The Morgan fingerprint density at radius 2 is 1.83 bits per heavy atom. The normalized spacial score (nSPS) is 24.2. The molecule has 1 aliphatic rings. The molecule has 0 aromatic carbocycles. The van der Waals surface area contributed by atoms with Gasteiger partial charge in [0, 0.05) is 13.1 Å². The van der Waals surface area contributed by atoms with Crippen molar-refractivity contribution in [3.8, 4) is 0 Å². The molecule has 1 heterocycles. The summed E-state index contributed by atoms with van der Waals surface area (Å²) in [6.45, 7) is 7.18. The van der Waals surface area contributed by atoms with E-state index in [2.05, 4.69) is 11.8 Å². The van der Waals surface area contributed by atoms with Gasteiger partial charge in [0.15, 0.2) is 0 Å². The van der Waals surface area contributed by atoms with Crippen molar-refractivity contribution < 1.29 is 4.39 Å². The van der Waals surface area contributed by atoms with Crippen molar-refractivity contribution in [1.82, 2.24) is 4.90 Å². The van der Waals surface area contributed by atoms with Crippen LogP contribution in [-0.2, 0) is 0 Å². The van der Waals surface area contributed by atoms with Crippen LogP contribution in [0.1, 0.15) is 39.5 Å². The predicted molar refractivity (Wildman–Crippen MR) is 50.1 cm³/mol. The van der Waals surface area contributed by atoms with E-state index in [1.807, 2.05) is 6.92 Å². The Labute approximate surface area is 74.9 Å². The number of nitrogens with zero attached hydrogens (tertiary/aromatic N) is 1. The van der Waals surface area contributed by atoms with E-state index in [4.69, 9.17) is 0 Å². The number of rotatable bonds is 3. The Kier molecular flexibility index (Phi) is 3.51. The molecule has 0 saturated carbocycles. The molecule has 1 nitrogen and oxygen atoms in total. The second-order valence-electron chi connectivity index (χ2n) is 3.85. The summed E-state index contributed by atoms with van der Waals surface area (Å²) in [6.07, 6.45) is 3.35. The van der Waals surface area contributed by atoms with Gasteiger partial charge in [-0.2, -0.15) is 0 Å². The molecule has 0 amide bonds. The zero-order chi connectivity index (χ0) is 9.03. The molecule has 0 unspecified atom stereocenters. The van der Waals surface area contributed by atoms with Crippen LogP contribution < -0.4 is 0 Å². The zero-order valence-corrected chi connectivity index (χ0v) is 8.27. The first kappa shape index (κ1) is 9.97. The first-order valence-electron chi connectivity index (χ1n) is 5.11. The predicted octanol–water partition coefficient (Wildman–Crippen LogP) is 2.61. The number of hydrogen-bond acceptors (Lipinski definition) is 1. The highest BCUT2D eigenvalue weighted by Crippen LogP contribution is 2.29. The van der Waals surface area contributed by atoms with Gasteiger partial charge in [0.05, 0.1) is 0 Å². The van der Waals surface area contributed by atoms with E-state index in [1.54, 1.807) is 0 Å². The molecule has 0 aliphatic carbocycles. The van der Waals surface area contributed by atoms with Gasteiger partial charge in [0.25, 0.3) is 0 Å². The SMILES string of the molecule is CCCN1CCC(F)(CC)CC1. The molecule has 1 saturated heterocycles. The van der Waals surface area contributed by atoms with Crippen LogP contribution in [0, 0.1) is 0 Å². The monoisotopic (exact) mass is 173 g/mol. The highest BCUT2D eigenvalue weighted by atomic mass is 19.1. The van der Waals surface area contributed by atoms with Crippen LogP contribution in [0.3, 0.4) is 0 Å². The molecule has 1 rings (SSSR count). The van der Waals surface area contributed by atoms with Crippen LogP contribution in [-0.4, -0.2) is 30.2 Å². The number of hydrogen-bond donors (Lipinski definition) is 0. The van der Waals surface area contributed by atoms with Crippen LogP contribution in [0.15, 0.2) is 0 Å². The highest BCUT2D eigenvalue weighted by Gasteiger charge is 2.31. The number of likely N-dealkylation sites (tertiary alicyclic amines) is 1. The molecule has 1 aliphatic heterocycles. The van der Waals surface area contributed by atoms with Crippen LogP contribution in [0.4, 0.5) is 4.39 Å². The van der Waals surface area contributed by atoms with E-state index in [1.165, 1.54) is 6.42 Å². The summed E-state index contributed by atoms with van der Waals surface area (Å²) in [5, 5.41) is 0. The van der Waals surface area contributed by atoms with Gasteiger partial charge in [0.1, 0.15) is 5.67 Å². The summed E-state index contributed by atoms with van der Waals surface area (Å²) in [6, 6.07) is 0. The maximum Gasteiger partial charge on any atom is 0.113 e. The van der Waals surface area contributed by atoms with Crippen LogP contribution in [0.5, 0.6) is 0 Å². The largest absolute Gasteiger partial charge is 0.303 e. The van der Waals surface area contributed by atoms with E-state index in [0.29, 0.717) is 6.42 Å². The molecule has 0 aromatic heterocycles. The summed E-state index contributed by atoms with van der Waals surface area (Å²) in [4.78, 5) is 2.37. The zero-order valence-electron chi connectivity index (χ0n) is 8.27. The van der Waals surface area contributed by atoms with E-state index in [0.717, 1.165) is 32.5 Å². The molecule has 0 aromatic rings. The fraction of sp³-hybridized carbons (Fsp3) is 1.00. The standard InChI is InChI=1S/C10H20FN/c1-3-7-12-8-5-10(11,4-2)6-9-12/h3-9H2,1-2H3. The summed E-state index contributed by atoms with van der Waals surface area (Å²) < 4.78 is 13.7. The lowest BCUT2D eigenvalue weighted by molar-refractivity contribution is 0.0552. The third-order valence-electron chi connectivity index (χ3n) is 2.93. The van der Waals surface area contributed by atoms with Crippen molar-refractivity contribution in [2.45, 2.75) is 45.2 Å². The van der Waals surface area contributed by atoms with Gasteiger partial charge in [-0.05, 0) is 32.2 Å². The fourth-order valence-corrected chi connectivity index (χ4v) is 1.85. The summed E-state index contributed by atoms with van der Waals surface area (Å²) in [5.74, 6) is 0. The van der Waals surface area contributed by atoms with E-state index >= 15 is 0 Å². The summed E-state index contributed by atoms with van der Waals surface area (Å²) in [7, 11) is 0. The lowest BCUT2D eigenvalue weighted by Gasteiger charge is -2.35. The molecule has 12 heavy (non-hydrogen) atoms. The van der Waals surface area contributed by atoms with Gasteiger partial charge < -0.3 is 4.90 Å². The summed E-state index contributed by atoms with van der Waals surface area (Å²) >= 11 is 0. The minimum absolute atomic E-state index is 0.687. The average molecular weight is 173 g/mol. The molecule has 72 valence electrons. The molecule has 0 radical (unpaired) electrons. The van der Waals surface area contributed by atoms with Gasteiger partial charge in [-0.3, -0.25) is 0 Å². The highest BCUT2D eigenvalue weighted by molar-refractivity contribution is 4.84. The third-order valence-corrected chi connectivity index (χ3v) is 2.93. The Morgan fingerprint density at radius 1 is 1.25 bits per heavy atom. The molecule has 0 spiro atoms. The van der Waals surface area contributed by atoms with Crippen LogP contribution in [0.25, 0.3) is 0 Å². The Hall–Kier alpha value is -0.110. The first-order chi connectivity index (χ1) is 5.70. The maximum absolute atomic E-state index is 13.7. The van der Waals surface area contributed by atoms with Gasteiger partial charge in [-0.1, -0.05) is 13.8 Å². The van der Waals surface area contributed by atoms with Crippen molar-refractivity contribution in [1.29, 1.82) is 0 Å². The molecule has 1 fully saturated rings. The van der Waals surface area contributed by atoms with Gasteiger partial charge in [0.2, 0.25) is 0 Å². The van der Waals surface area contributed by atoms with E-state index in [9.17, 15) is 4.39 Å². The quantitative estimate of drug-likeness (QED) is 0.634. The van der Waals surface area contributed by atoms with Crippen LogP contribution >= 0.6 is 0 Å². The van der Waals surface area contributed by atoms with E-state index < -0.39 is 5.67 Å². The minimum Gasteiger partial charge on any atom is -0.303 e. The second kappa shape index (κ2) is 4.22. The molecule has 2 heteroatoms. The molecule has 0 atom stereocenters.